The monoisotopic (exact) mass is 479 g/mol. The first-order valence-corrected chi connectivity index (χ1v) is 11.2. The third-order valence-corrected chi connectivity index (χ3v) is 6.51. The molecule has 0 aliphatic carbocycles. The number of fused-ring (bicyclic) bond motifs is 3. The number of hydrogen-bond donors (Lipinski definition) is 2. The van der Waals surface area contributed by atoms with Crippen LogP contribution in [0.1, 0.15) is 22.9 Å². The van der Waals surface area contributed by atoms with Crippen LogP contribution in [0.15, 0.2) is 60.7 Å². The van der Waals surface area contributed by atoms with Crippen molar-refractivity contribution in [2.24, 2.45) is 0 Å². The van der Waals surface area contributed by atoms with E-state index in [1.807, 2.05) is 24.3 Å². The van der Waals surface area contributed by atoms with Crippen molar-refractivity contribution in [3.8, 4) is 11.5 Å². The van der Waals surface area contributed by atoms with Crippen molar-refractivity contribution in [3.05, 3.63) is 88.3 Å². The van der Waals surface area contributed by atoms with Gasteiger partial charge in [-0.15, -0.1) is 0 Å². The fourth-order valence-corrected chi connectivity index (χ4v) is 4.87. The van der Waals surface area contributed by atoms with Crippen LogP contribution >= 0.6 is 11.6 Å². The molecule has 6 nitrogen and oxygen atoms in total. The summed E-state index contributed by atoms with van der Waals surface area (Å²) < 4.78 is 25.7. The van der Waals surface area contributed by atoms with Crippen molar-refractivity contribution in [2.75, 3.05) is 26.1 Å². The molecule has 0 radical (unpaired) electrons. The lowest BCUT2D eigenvalue weighted by molar-refractivity contribution is 0.191. The molecule has 2 amide bonds. The Hall–Kier alpha value is -3.71. The minimum Gasteiger partial charge on any atom is -0.495 e. The van der Waals surface area contributed by atoms with Crippen LogP contribution in [0.25, 0.3) is 10.9 Å². The van der Waals surface area contributed by atoms with Crippen molar-refractivity contribution in [1.29, 1.82) is 0 Å². The van der Waals surface area contributed by atoms with E-state index in [0.717, 1.165) is 22.2 Å². The number of nitrogens with zero attached hydrogens (tertiary/aromatic N) is 1. The van der Waals surface area contributed by atoms with Gasteiger partial charge in [0.1, 0.15) is 23.4 Å². The van der Waals surface area contributed by atoms with Gasteiger partial charge in [-0.3, -0.25) is 0 Å². The highest BCUT2D eigenvalue weighted by Crippen LogP contribution is 2.41. The molecule has 2 N–H and O–H groups in total. The first kappa shape index (κ1) is 22.1. The summed E-state index contributed by atoms with van der Waals surface area (Å²) in [6.45, 7) is 0.409. The van der Waals surface area contributed by atoms with Gasteiger partial charge in [-0.2, -0.15) is 0 Å². The molecule has 1 aliphatic rings. The van der Waals surface area contributed by atoms with Crippen LogP contribution in [0.5, 0.6) is 11.5 Å². The van der Waals surface area contributed by atoms with Crippen molar-refractivity contribution in [2.45, 2.75) is 12.5 Å². The number of carbonyl (C=O) groups excluding carboxylic acids is 1. The van der Waals surface area contributed by atoms with Gasteiger partial charge in [0, 0.05) is 34.8 Å². The summed E-state index contributed by atoms with van der Waals surface area (Å²) in [5, 5.41) is 4.31. The number of hydrogen-bond acceptors (Lipinski definition) is 3. The number of anilines is 1. The number of halogens is 2. The van der Waals surface area contributed by atoms with Crippen LogP contribution in [0.2, 0.25) is 5.02 Å². The van der Waals surface area contributed by atoms with E-state index < -0.39 is 12.1 Å². The Kier molecular flexibility index (Phi) is 5.79. The number of ether oxygens (including phenoxy) is 2. The van der Waals surface area contributed by atoms with E-state index in [1.165, 1.54) is 20.3 Å². The van der Waals surface area contributed by atoms with Crippen LogP contribution in [-0.4, -0.2) is 36.7 Å². The molecule has 1 aliphatic heterocycles. The second-order valence-corrected chi connectivity index (χ2v) is 8.45. The van der Waals surface area contributed by atoms with Crippen LogP contribution in [0.4, 0.5) is 14.9 Å². The highest BCUT2D eigenvalue weighted by atomic mass is 35.5. The number of amides is 2. The zero-order valence-corrected chi connectivity index (χ0v) is 19.4. The van der Waals surface area contributed by atoms with E-state index in [-0.39, 0.29) is 5.82 Å². The molecule has 34 heavy (non-hydrogen) atoms. The summed E-state index contributed by atoms with van der Waals surface area (Å²) in [7, 11) is 3.00. The maximum absolute atomic E-state index is 15.0. The van der Waals surface area contributed by atoms with E-state index in [0.29, 0.717) is 40.7 Å². The Morgan fingerprint density at radius 2 is 1.82 bits per heavy atom. The molecular weight excluding hydrogens is 457 g/mol. The second-order valence-electron chi connectivity index (χ2n) is 8.05. The lowest BCUT2D eigenvalue weighted by atomic mass is 9.92. The van der Waals surface area contributed by atoms with Crippen LogP contribution in [0.3, 0.4) is 0 Å². The Balaban J connectivity index is 1.57. The molecule has 5 rings (SSSR count). The summed E-state index contributed by atoms with van der Waals surface area (Å²) in [5.74, 6) is 0.462. The maximum Gasteiger partial charge on any atom is 0.322 e. The number of H-pyrrole nitrogens is 1. The molecule has 0 saturated carbocycles. The summed E-state index contributed by atoms with van der Waals surface area (Å²) >= 11 is 6.29. The molecule has 0 bridgehead atoms. The van der Waals surface area contributed by atoms with Gasteiger partial charge in [0.25, 0.3) is 0 Å². The van der Waals surface area contributed by atoms with Gasteiger partial charge in [-0.1, -0.05) is 48.0 Å². The predicted molar refractivity (Wildman–Crippen MR) is 131 cm³/mol. The quantitative estimate of drug-likeness (QED) is 0.368. The fourth-order valence-electron chi connectivity index (χ4n) is 4.62. The lowest BCUT2D eigenvalue weighted by Gasteiger charge is -2.36. The van der Waals surface area contributed by atoms with Crippen LogP contribution in [0, 0.1) is 5.82 Å². The largest absolute Gasteiger partial charge is 0.495 e. The van der Waals surface area contributed by atoms with E-state index in [9.17, 15) is 4.79 Å². The average molecular weight is 480 g/mol. The first-order valence-electron chi connectivity index (χ1n) is 10.8. The highest BCUT2D eigenvalue weighted by molar-refractivity contribution is 6.32. The van der Waals surface area contributed by atoms with Crippen molar-refractivity contribution >= 4 is 34.2 Å². The Morgan fingerprint density at radius 3 is 2.59 bits per heavy atom. The molecule has 3 aromatic carbocycles. The number of benzene rings is 3. The molecular formula is C26H23ClFN3O3. The number of aromatic amines is 1. The summed E-state index contributed by atoms with van der Waals surface area (Å²) in [5.41, 5.74) is 3.68. The molecule has 0 saturated heterocycles. The minimum atomic E-state index is -0.628. The highest BCUT2D eigenvalue weighted by Gasteiger charge is 2.36. The molecule has 8 heteroatoms. The van der Waals surface area contributed by atoms with Gasteiger partial charge in [-0.05, 0) is 30.2 Å². The lowest BCUT2D eigenvalue weighted by Crippen LogP contribution is -2.43. The Morgan fingerprint density at radius 1 is 1.09 bits per heavy atom. The van der Waals surface area contributed by atoms with Gasteiger partial charge < -0.3 is 24.7 Å². The number of rotatable bonds is 4. The van der Waals surface area contributed by atoms with Crippen LogP contribution < -0.4 is 14.8 Å². The molecule has 0 spiro atoms. The number of para-hydroxylation sites is 1. The van der Waals surface area contributed by atoms with Gasteiger partial charge >= 0.3 is 6.03 Å². The molecule has 1 atom stereocenters. The standard InChI is InChI=1S/C26H23ClFN3O3/c1-33-22-14-23(34-2)21(13-18(22)27)30-26(32)31-12-11-16-15-7-4-6-10-20(15)29-24(16)25(31)17-8-3-5-9-19(17)28/h3-10,13-14,25,29H,11-12H2,1-2H3,(H,30,32)/t25-/m1/s1. The van der Waals surface area contributed by atoms with Crippen LogP contribution in [-0.2, 0) is 6.42 Å². The van der Waals surface area contributed by atoms with Crippen molar-refractivity contribution < 1.29 is 18.7 Å². The third-order valence-electron chi connectivity index (χ3n) is 6.21. The van der Waals surface area contributed by atoms with Gasteiger partial charge in [0.15, 0.2) is 0 Å². The summed E-state index contributed by atoms with van der Waals surface area (Å²) in [6, 6.07) is 16.7. The summed E-state index contributed by atoms with van der Waals surface area (Å²) in [4.78, 5) is 18.6. The molecule has 0 unspecified atom stereocenters. The Labute approximate surface area is 201 Å². The van der Waals surface area contributed by atoms with Gasteiger partial charge in [0.2, 0.25) is 0 Å². The molecule has 174 valence electrons. The fraction of sp³-hybridized carbons (Fsp3) is 0.192. The van der Waals surface area contributed by atoms with E-state index in [1.54, 1.807) is 35.2 Å². The van der Waals surface area contributed by atoms with Gasteiger partial charge in [-0.25, -0.2) is 9.18 Å². The molecule has 2 heterocycles. The number of aromatic nitrogens is 1. The molecule has 4 aromatic rings. The van der Waals surface area contributed by atoms with Crippen molar-refractivity contribution in [1.82, 2.24) is 9.88 Å². The number of nitrogens with one attached hydrogen (secondary N) is 2. The molecule has 0 fully saturated rings. The van der Waals surface area contributed by atoms with Crippen molar-refractivity contribution in [3.63, 3.8) is 0 Å². The second kappa shape index (κ2) is 8.91. The first-order chi connectivity index (χ1) is 16.5. The number of carbonyl (C=O) groups is 1. The SMILES string of the molecule is COc1cc(OC)c(NC(=O)N2CCc3c([nH]c4ccccc34)[C@H]2c2ccccc2F)cc1Cl. The topological polar surface area (TPSA) is 66.6 Å². The van der Waals surface area contributed by atoms with E-state index in [2.05, 4.69) is 10.3 Å². The smallest absolute Gasteiger partial charge is 0.322 e. The zero-order valence-electron chi connectivity index (χ0n) is 18.7. The van der Waals surface area contributed by atoms with E-state index >= 15 is 4.39 Å². The summed E-state index contributed by atoms with van der Waals surface area (Å²) in [6.07, 6.45) is 0.637. The average Bonchev–Trinajstić information content (AvgIpc) is 3.23. The minimum absolute atomic E-state index is 0.334. The predicted octanol–water partition coefficient (Wildman–Crippen LogP) is 6.16. The zero-order chi connectivity index (χ0) is 23.8. The van der Waals surface area contributed by atoms with E-state index in [4.69, 9.17) is 21.1 Å². The maximum atomic E-state index is 15.0. The third kappa shape index (κ3) is 3.72. The normalized spacial score (nSPS) is 15.2. The number of urea groups is 1. The number of methoxy groups -OCH3 is 2. The Bertz CT molecular complexity index is 1390. The molecule has 1 aromatic heterocycles. The van der Waals surface area contributed by atoms with Gasteiger partial charge in [0.05, 0.1) is 24.9 Å².